The molecule has 0 radical (unpaired) electrons. The standard InChI is InChI=1S/C60H45N6O.Pt/c1-60(2,3)40-30-31-61-56(33-40)66-52-29-26-39(38-16-7-6-8-17-38)32-47(52)46-28-27-43(35-55(46)66)67-42-19-15-18-41(34-42)64-37-65(54-25-14-13-24-53(54)64)59-57-48(44-20-9-11-22-50(44)62(57)4)36-49-45-21-10-12-23-51(45)63(5)58(49)59;/h6-33,36-37H,1-5H3;/q-3;. The summed E-state index contributed by atoms with van der Waals surface area (Å²) in [5.74, 6) is 2.02. The van der Waals surface area contributed by atoms with Crippen molar-refractivity contribution >= 4 is 88.2 Å². The van der Waals surface area contributed by atoms with Crippen LogP contribution in [0.4, 0.5) is 22.7 Å². The molecule has 1 aliphatic heterocycles. The summed E-state index contributed by atoms with van der Waals surface area (Å²) in [6.07, 6.45) is 1.91. The molecule has 12 aromatic rings. The van der Waals surface area contributed by atoms with Crippen molar-refractivity contribution < 1.29 is 25.8 Å². The van der Waals surface area contributed by atoms with Crippen molar-refractivity contribution in [1.29, 1.82) is 0 Å². The van der Waals surface area contributed by atoms with Gasteiger partial charge in [0.05, 0.1) is 16.7 Å². The Kier molecular flexibility index (Phi) is 9.68. The number of hydrogen-bond acceptors (Lipinski definition) is 4. The van der Waals surface area contributed by atoms with E-state index in [1.807, 2.05) is 24.4 Å². The van der Waals surface area contributed by atoms with E-state index < -0.39 is 0 Å². The van der Waals surface area contributed by atoms with Crippen molar-refractivity contribution in [3.8, 4) is 28.4 Å². The predicted octanol–water partition coefficient (Wildman–Crippen LogP) is 15.2. The molecule has 13 rings (SSSR count). The molecule has 0 N–H and O–H groups in total. The van der Waals surface area contributed by atoms with Crippen molar-refractivity contribution in [1.82, 2.24) is 18.7 Å². The number of aryl methyl sites for hydroxylation is 2. The molecule has 4 aromatic heterocycles. The molecular weight excluding hydrogens is 1020 g/mol. The maximum absolute atomic E-state index is 6.75. The Hall–Kier alpha value is -7.60. The number of anilines is 4. The Morgan fingerprint density at radius 1 is 0.515 bits per heavy atom. The molecule has 0 saturated heterocycles. The zero-order chi connectivity index (χ0) is 45.1. The monoisotopic (exact) mass is 1060 g/mol. The first-order valence-electron chi connectivity index (χ1n) is 22.8. The Labute approximate surface area is 409 Å². The van der Waals surface area contributed by atoms with E-state index in [1.165, 1.54) is 54.7 Å². The maximum atomic E-state index is 6.75. The summed E-state index contributed by atoms with van der Waals surface area (Å²) in [6.45, 7) is 8.91. The number of nitrogens with zero attached hydrogens (tertiary/aromatic N) is 6. The summed E-state index contributed by atoms with van der Waals surface area (Å²) in [4.78, 5) is 9.53. The molecule has 0 aliphatic carbocycles. The molecule has 0 bridgehead atoms. The van der Waals surface area contributed by atoms with Crippen LogP contribution in [0.5, 0.6) is 11.5 Å². The summed E-state index contributed by atoms with van der Waals surface area (Å²) in [5.41, 5.74) is 14.3. The first-order valence-corrected chi connectivity index (χ1v) is 22.8. The fraction of sp³-hybridized carbons (Fsp3) is 0.100. The van der Waals surface area contributed by atoms with Crippen molar-refractivity contribution in [2.24, 2.45) is 14.1 Å². The van der Waals surface area contributed by atoms with E-state index in [2.05, 4.69) is 229 Å². The molecule has 0 saturated carbocycles. The number of para-hydroxylation sites is 4. The van der Waals surface area contributed by atoms with Crippen LogP contribution < -0.4 is 14.5 Å². The van der Waals surface area contributed by atoms with Crippen LogP contribution in [0.2, 0.25) is 0 Å². The Bertz CT molecular complexity index is 3870. The van der Waals surface area contributed by atoms with Crippen molar-refractivity contribution in [3.63, 3.8) is 0 Å². The van der Waals surface area contributed by atoms with Crippen LogP contribution in [0.3, 0.4) is 0 Å². The average Bonchev–Trinajstić information content (AvgIpc) is 4.07. The van der Waals surface area contributed by atoms with Gasteiger partial charge in [-0.1, -0.05) is 117 Å². The van der Waals surface area contributed by atoms with Gasteiger partial charge in [0.1, 0.15) is 5.82 Å². The molecule has 0 amide bonds. The van der Waals surface area contributed by atoms with Crippen LogP contribution in [0, 0.1) is 18.8 Å². The number of aromatic nitrogens is 4. The first kappa shape index (κ1) is 41.8. The van der Waals surface area contributed by atoms with E-state index in [1.54, 1.807) is 0 Å². The number of pyridine rings is 1. The molecule has 0 unspecified atom stereocenters. The normalized spacial score (nSPS) is 12.8. The van der Waals surface area contributed by atoms with E-state index in [4.69, 9.17) is 9.72 Å². The van der Waals surface area contributed by atoms with Gasteiger partial charge in [-0.05, 0) is 76.0 Å². The number of rotatable bonds is 6. The second-order valence-electron chi connectivity index (χ2n) is 18.7. The fourth-order valence-corrected chi connectivity index (χ4v) is 10.5. The van der Waals surface area contributed by atoms with E-state index in [9.17, 15) is 0 Å². The fourth-order valence-electron chi connectivity index (χ4n) is 10.5. The van der Waals surface area contributed by atoms with Gasteiger partial charge in [0.25, 0.3) is 0 Å². The number of ether oxygens (including phenoxy) is 1. The summed E-state index contributed by atoms with van der Waals surface area (Å²) in [6, 6.07) is 67.6. The van der Waals surface area contributed by atoms with Gasteiger partial charge in [0, 0.05) is 102 Å². The Morgan fingerprint density at radius 2 is 1.16 bits per heavy atom. The number of benzene rings is 8. The minimum absolute atomic E-state index is 0. The summed E-state index contributed by atoms with van der Waals surface area (Å²) in [7, 11) is 4.37. The zero-order valence-electron chi connectivity index (χ0n) is 38.2. The van der Waals surface area contributed by atoms with Gasteiger partial charge in [-0.3, -0.25) is 0 Å². The smallest absolute Gasteiger partial charge is 0.135 e. The quantitative estimate of drug-likeness (QED) is 0.156. The van der Waals surface area contributed by atoms with Gasteiger partial charge < -0.3 is 28.2 Å². The molecule has 334 valence electrons. The molecule has 8 heteroatoms. The van der Waals surface area contributed by atoms with Crippen molar-refractivity contribution in [3.05, 3.63) is 200 Å². The molecule has 7 nitrogen and oxygen atoms in total. The predicted molar refractivity (Wildman–Crippen MR) is 276 cm³/mol. The molecule has 8 aromatic carbocycles. The van der Waals surface area contributed by atoms with Crippen LogP contribution in [0.1, 0.15) is 26.3 Å². The minimum Gasteiger partial charge on any atom is -0.509 e. The summed E-state index contributed by atoms with van der Waals surface area (Å²) in [5, 5.41) is 7.13. The Morgan fingerprint density at radius 3 is 1.87 bits per heavy atom. The molecule has 0 fully saturated rings. The van der Waals surface area contributed by atoms with Crippen LogP contribution in [0.25, 0.3) is 82.4 Å². The molecule has 0 spiro atoms. The van der Waals surface area contributed by atoms with Gasteiger partial charge >= 0.3 is 0 Å². The Balaban J connectivity index is 0.00000480. The molecule has 0 atom stereocenters. The SMILES string of the molecule is Cn1c2ccccc2c2cc3c4ccccc4n(C)c3c(N3[CH-]N(c4[c-]c(Oc5[c-]c6c(cc5)c5cc(-c7ccccc7)ccc5n6-c5cc(C(C)(C)C)ccn5)ccc4)c4ccccc43)c21.[Pt]. The topological polar surface area (TPSA) is 43.4 Å². The molecule has 68 heavy (non-hydrogen) atoms. The van der Waals surface area contributed by atoms with Crippen LogP contribution >= 0.6 is 0 Å². The second kappa shape index (κ2) is 15.8. The molecule has 1 aliphatic rings. The average molecular weight is 1060 g/mol. The van der Waals surface area contributed by atoms with Crippen LogP contribution in [-0.2, 0) is 40.6 Å². The largest absolute Gasteiger partial charge is 0.509 e. The number of hydrogen-bond donors (Lipinski definition) is 0. The van der Waals surface area contributed by atoms with Gasteiger partial charge in [-0.2, -0.15) is 12.1 Å². The zero-order valence-corrected chi connectivity index (χ0v) is 40.5. The van der Waals surface area contributed by atoms with E-state index in [0.29, 0.717) is 11.5 Å². The van der Waals surface area contributed by atoms with E-state index in [0.717, 1.165) is 55.9 Å². The first-order chi connectivity index (χ1) is 32.7. The van der Waals surface area contributed by atoms with Crippen molar-refractivity contribution in [2.75, 3.05) is 9.80 Å². The van der Waals surface area contributed by atoms with Gasteiger partial charge in [0.15, 0.2) is 0 Å². The van der Waals surface area contributed by atoms with Crippen LogP contribution in [0.15, 0.2) is 176 Å². The van der Waals surface area contributed by atoms with Gasteiger partial charge in [0.2, 0.25) is 0 Å². The number of fused-ring (bicyclic) bond motifs is 10. The molecule has 5 heterocycles. The third-order valence-corrected chi connectivity index (χ3v) is 13.7. The summed E-state index contributed by atoms with van der Waals surface area (Å²) < 4.78 is 13.7. The van der Waals surface area contributed by atoms with Crippen LogP contribution in [-0.4, -0.2) is 18.7 Å². The minimum atomic E-state index is -0.0500. The second-order valence-corrected chi connectivity index (χ2v) is 18.7. The van der Waals surface area contributed by atoms with Gasteiger partial charge in [-0.15, -0.1) is 48.1 Å². The van der Waals surface area contributed by atoms with Gasteiger partial charge in [-0.25, -0.2) is 4.98 Å². The summed E-state index contributed by atoms with van der Waals surface area (Å²) >= 11 is 0. The molecular formula is C60H45N6OPt-3. The van der Waals surface area contributed by atoms with Crippen molar-refractivity contribution in [2.45, 2.75) is 26.2 Å². The third kappa shape index (κ3) is 6.40. The third-order valence-electron chi connectivity index (χ3n) is 13.7. The van der Waals surface area contributed by atoms with E-state index in [-0.39, 0.29) is 26.5 Å². The maximum Gasteiger partial charge on any atom is 0.135 e. The van der Waals surface area contributed by atoms with E-state index >= 15 is 0 Å².